The number of hydrogen-bond donors (Lipinski definition) is 1. The second-order valence-corrected chi connectivity index (χ2v) is 4.50. The van der Waals surface area contributed by atoms with Gasteiger partial charge in [0.15, 0.2) is 0 Å². The van der Waals surface area contributed by atoms with Crippen molar-refractivity contribution >= 4 is 10.9 Å². The van der Waals surface area contributed by atoms with Crippen LogP contribution in [0.1, 0.15) is 18.9 Å². The molecule has 0 fully saturated rings. The molecule has 3 heteroatoms. The van der Waals surface area contributed by atoms with E-state index in [0.717, 1.165) is 32.7 Å². The quantitative estimate of drug-likeness (QED) is 0.760. The smallest absolute Gasteiger partial charge is 0.0645 e. The SMILES string of the molecule is CCCOCCn1ccc2c(CNC)cccc21. The third kappa shape index (κ3) is 2.92. The minimum atomic E-state index is 0.786. The molecule has 0 radical (unpaired) electrons. The van der Waals surface area contributed by atoms with Gasteiger partial charge in [-0.25, -0.2) is 0 Å². The highest BCUT2D eigenvalue weighted by atomic mass is 16.5. The van der Waals surface area contributed by atoms with Crippen LogP contribution in [0.3, 0.4) is 0 Å². The van der Waals surface area contributed by atoms with Gasteiger partial charge in [-0.3, -0.25) is 0 Å². The first-order chi connectivity index (χ1) is 8.86. The zero-order valence-corrected chi connectivity index (χ0v) is 11.3. The van der Waals surface area contributed by atoms with Gasteiger partial charge >= 0.3 is 0 Å². The molecule has 1 heterocycles. The van der Waals surface area contributed by atoms with E-state index in [1.165, 1.54) is 16.5 Å². The summed E-state index contributed by atoms with van der Waals surface area (Å²) in [6.45, 7) is 5.60. The van der Waals surface area contributed by atoms with Crippen LogP contribution in [0.2, 0.25) is 0 Å². The molecule has 18 heavy (non-hydrogen) atoms. The molecular weight excluding hydrogens is 224 g/mol. The van der Waals surface area contributed by atoms with E-state index in [-0.39, 0.29) is 0 Å². The lowest BCUT2D eigenvalue weighted by Crippen LogP contribution is -2.06. The van der Waals surface area contributed by atoms with Gasteiger partial charge in [0.25, 0.3) is 0 Å². The van der Waals surface area contributed by atoms with E-state index >= 15 is 0 Å². The summed E-state index contributed by atoms with van der Waals surface area (Å²) in [6, 6.07) is 8.67. The molecule has 0 aliphatic heterocycles. The average Bonchev–Trinajstić information content (AvgIpc) is 2.80. The first-order valence-electron chi connectivity index (χ1n) is 6.66. The summed E-state index contributed by atoms with van der Waals surface area (Å²) in [7, 11) is 1.98. The molecule has 1 aromatic carbocycles. The van der Waals surface area contributed by atoms with Gasteiger partial charge in [-0.1, -0.05) is 19.1 Å². The highest BCUT2D eigenvalue weighted by molar-refractivity contribution is 5.83. The second-order valence-electron chi connectivity index (χ2n) is 4.50. The largest absolute Gasteiger partial charge is 0.380 e. The molecular formula is C15H22N2O. The first kappa shape index (κ1) is 13.1. The van der Waals surface area contributed by atoms with Gasteiger partial charge in [0.1, 0.15) is 0 Å². The van der Waals surface area contributed by atoms with Crippen LogP contribution >= 0.6 is 0 Å². The number of fused-ring (bicyclic) bond motifs is 1. The van der Waals surface area contributed by atoms with Crippen LogP contribution in [0.4, 0.5) is 0 Å². The Labute approximate surface area is 109 Å². The van der Waals surface area contributed by atoms with E-state index in [0.29, 0.717) is 0 Å². The maximum absolute atomic E-state index is 5.55. The number of hydrogen-bond acceptors (Lipinski definition) is 2. The van der Waals surface area contributed by atoms with E-state index in [9.17, 15) is 0 Å². The summed E-state index contributed by atoms with van der Waals surface area (Å²) in [6.07, 6.45) is 3.23. The standard InChI is InChI=1S/C15H22N2O/c1-3-10-18-11-9-17-8-7-14-13(12-16-2)5-4-6-15(14)17/h4-8,16H,3,9-12H2,1-2H3. The van der Waals surface area contributed by atoms with E-state index < -0.39 is 0 Å². The average molecular weight is 246 g/mol. The summed E-state index contributed by atoms with van der Waals surface area (Å²) in [5.41, 5.74) is 2.64. The van der Waals surface area contributed by atoms with Gasteiger partial charge in [-0.2, -0.15) is 0 Å². The van der Waals surface area contributed by atoms with Gasteiger partial charge in [-0.15, -0.1) is 0 Å². The first-order valence-corrected chi connectivity index (χ1v) is 6.66. The number of nitrogens with one attached hydrogen (secondary N) is 1. The molecule has 1 aromatic heterocycles. The van der Waals surface area contributed by atoms with Crippen molar-refractivity contribution < 1.29 is 4.74 Å². The molecule has 0 aliphatic carbocycles. The van der Waals surface area contributed by atoms with Crippen LogP contribution in [0, 0.1) is 0 Å². The number of ether oxygens (including phenoxy) is 1. The molecule has 98 valence electrons. The summed E-state index contributed by atoms with van der Waals surface area (Å²) in [4.78, 5) is 0. The lowest BCUT2D eigenvalue weighted by atomic mass is 10.1. The van der Waals surface area contributed by atoms with Crippen molar-refractivity contribution in [2.24, 2.45) is 0 Å². The molecule has 0 amide bonds. The highest BCUT2D eigenvalue weighted by Crippen LogP contribution is 2.20. The molecule has 0 bridgehead atoms. The zero-order valence-electron chi connectivity index (χ0n) is 11.3. The number of rotatable bonds is 7. The summed E-state index contributed by atoms with van der Waals surface area (Å²) in [5, 5.41) is 4.55. The van der Waals surface area contributed by atoms with Crippen molar-refractivity contribution in [1.82, 2.24) is 9.88 Å². The molecule has 3 nitrogen and oxygen atoms in total. The predicted octanol–water partition coefficient (Wildman–Crippen LogP) is 2.79. The van der Waals surface area contributed by atoms with Crippen molar-refractivity contribution in [3.8, 4) is 0 Å². The fourth-order valence-electron chi connectivity index (χ4n) is 2.24. The second kappa shape index (κ2) is 6.57. The molecule has 2 rings (SSSR count). The maximum Gasteiger partial charge on any atom is 0.0645 e. The zero-order chi connectivity index (χ0) is 12.8. The number of benzene rings is 1. The Morgan fingerprint density at radius 2 is 2.11 bits per heavy atom. The Morgan fingerprint density at radius 1 is 1.22 bits per heavy atom. The van der Waals surface area contributed by atoms with E-state index in [4.69, 9.17) is 4.74 Å². The number of nitrogens with zero attached hydrogens (tertiary/aromatic N) is 1. The highest BCUT2D eigenvalue weighted by Gasteiger charge is 2.04. The summed E-state index contributed by atoms with van der Waals surface area (Å²) >= 11 is 0. The van der Waals surface area contributed by atoms with Crippen molar-refractivity contribution in [1.29, 1.82) is 0 Å². The molecule has 2 aromatic rings. The van der Waals surface area contributed by atoms with Crippen LogP contribution in [0.15, 0.2) is 30.5 Å². The molecule has 1 N–H and O–H groups in total. The van der Waals surface area contributed by atoms with Crippen molar-refractivity contribution in [2.75, 3.05) is 20.3 Å². The monoisotopic (exact) mass is 246 g/mol. The van der Waals surface area contributed by atoms with Crippen molar-refractivity contribution in [2.45, 2.75) is 26.4 Å². The Morgan fingerprint density at radius 3 is 2.89 bits per heavy atom. The lowest BCUT2D eigenvalue weighted by molar-refractivity contribution is 0.127. The van der Waals surface area contributed by atoms with Crippen LogP contribution in [0.25, 0.3) is 10.9 Å². The fraction of sp³-hybridized carbons (Fsp3) is 0.467. The van der Waals surface area contributed by atoms with Gasteiger partial charge in [0, 0.05) is 36.8 Å². The third-order valence-electron chi connectivity index (χ3n) is 3.10. The van der Waals surface area contributed by atoms with Crippen LogP contribution in [-0.4, -0.2) is 24.8 Å². The van der Waals surface area contributed by atoms with Crippen molar-refractivity contribution in [3.05, 3.63) is 36.0 Å². The molecule has 0 saturated heterocycles. The predicted molar refractivity (Wildman–Crippen MR) is 75.8 cm³/mol. The van der Waals surface area contributed by atoms with Crippen molar-refractivity contribution in [3.63, 3.8) is 0 Å². The van der Waals surface area contributed by atoms with Crippen LogP contribution in [-0.2, 0) is 17.8 Å². The van der Waals surface area contributed by atoms with E-state index in [1.54, 1.807) is 0 Å². The van der Waals surface area contributed by atoms with Gasteiger partial charge < -0.3 is 14.6 Å². The molecule has 0 saturated carbocycles. The Bertz CT molecular complexity index is 490. The van der Waals surface area contributed by atoms with Crippen LogP contribution in [0.5, 0.6) is 0 Å². The third-order valence-corrected chi connectivity index (χ3v) is 3.10. The minimum Gasteiger partial charge on any atom is -0.380 e. The molecule has 0 atom stereocenters. The fourth-order valence-corrected chi connectivity index (χ4v) is 2.24. The van der Waals surface area contributed by atoms with E-state index in [1.807, 2.05) is 7.05 Å². The minimum absolute atomic E-state index is 0.786. The Hall–Kier alpha value is -1.32. The Balaban J connectivity index is 2.12. The number of aromatic nitrogens is 1. The summed E-state index contributed by atoms with van der Waals surface area (Å²) in [5.74, 6) is 0. The van der Waals surface area contributed by atoms with Gasteiger partial charge in [0.05, 0.1) is 6.61 Å². The normalized spacial score (nSPS) is 11.2. The summed E-state index contributed by atoms with van der Waals surface area (Å²) < 4.78 is 7.82. The molecule has 0 unspecified atom stereocenters. The molecule has 0 aliphatic rings. The van der Waals surface area contributed by atoms with Crippen LogP contribution < -0.4 is 5.32 Å². The topological polar surface area (TPSA) is 26.2 Å². The Kier molecular flexibility index (Phi) is 4.79. The lowest BCUT2D eigenvalue weighted by Gasteiger charge is -2.07. The van der Waals surface area contributed by atoms with Gasteiger partial charge in [-0.05, 0) is 31.2 Å². The van der Waals surface area contributed by atoms with Gasteiger partial charge in [0.2, 0.25) is 0 Å². The molecule has 0 spiro atoms. The maximum atomic E-state index is 5.55. The van der Waals surface area contributed by atoms with E-state index in [2.05, 4.69) is 47.3 Å².